The fourth-order valence-electron chi connectivity index (χ4n) is 3.28. The lowest BCUT2D eigenvalue weighted by molar-refractivity contribution is 0.359. The van der Waals surface area contributed by atoms with E-state index in [2.05, 4.69) is 32.6 Å². The van der Waals surface area contributed by atoms with Crippen LogP contribution >= 0.6 is 0 Å². The van der Waals surface area contributed by atoms with Gasteiger partial charge in [0.2, 0.25) is 0 Å². The molecule has 0 spiro atoms. The van der Waals surface area contributed by atoms with Crippen LogP contribution in [0.1, 0.15) is 28.4 Å². The maximum absolute atomic E-state index is 8.36. The summed E-state index contributed by atoms with van der Waals surface area (Å²) in [6.07, 6.45) is -0.0268. The van der Waals surface area contributed by atoms with Crippen LogP contribution in [-0.2, 0) is 0 Å². The summed E-state index contributed by atoms with van der Waals surface area (Å²) in [5.74, 6) is 1.25. The molecule has 29 heavy (non-hydrogen) atoms. The van der Waals surface area contributed by atoms with Crippen LogP contribution in [0.25, 0.3) is 0 Å². The van der Waals surface area contributed by atoms with E-state index in [4.69, 9.17) is 11.1 Å². The summed E-state index contributed by atoms with van der Waals surface area (Å²) in [6, 6.07) is 27.3. The number of nitrogens with zero attached hydrogens (tertiary/aromatic N) is 3. The molecule has 3 aromatic carbocycles. The van der Waals surface area contributed by atoms with E-state index in [1.807, 2.05) is 79.8 Å². The second kappa shape index (κ2) is 7.98. The molecule has 0 saturated carbocycles. The van der Waals surface area contributed by atoms with Crippen molar-refractivity contribution in [1.82, 2.24) is 10.3 Å². The highest BCUT2D eigenvalue weighted by Gasteiger charge is 2.26. The molecule has 0 saturated heterocycles. The second-order valence-corrected chi connectivity index (χ2v) is 6.78. The highest BCUT2D eigenvalue weighted by Crippen LogP contribution is 2.24. The molecule has 1 atom stereocenters. The molecule has 4 rings (SSSR count). The molecule has 0 aromatic heterocycles. The van der Waals surface area contributed by atoms with Crippen LogP contribution in [0.4, 0.5) is 0 Å². The molecule has 0 bridgehead atoms. The first-order chi connectivity index (χ1) is 14.1. The van der Waals surface area contributed by atoms with Gasteiger partial charge in [-0.05, 0) is 11.6 Å². The third kappa shape index (κ3) is 3.87. The van der Waals surface area contributed by atoms with Gasteiger partial charge in [-0.2, -0.15) is 5.10 Å². The lowest BCUT2D eigenvalue weighted by atomic mass is 10.1. The minimum atomic E-state index is -0.0268. The second-order valence-electron chi connectivity index (χ2n) is 6.78. The quantitative estimate of drug-likeness (QED) is 0.478. The molecule has 3 aromatic rings. The van der Waals surface area contributed by atoms with Gasteiger partial charge in [0.05, 0.1) is 0 Å². The van der Waals surface area contributed by atoms with Crippen LogP contribution in [0, 0.1) is 5.41 Å². The average molecular weight is 382 g/mol. The van der Waals surface area contributed by atoms with Gasteiger partial charge in [0, 0.05) is 23.7 Å². The number of hydrogen-bond donors (Lipinski definition) is 3. The Hall–Kier alpha value is -3.93. The van der Waals surface area contributed by atoms with Crippen molar-refractivity contribution in [3.05, 3.63) is 107 Å². The predicted octanol–water partition coefficient (Wildman–Crippen LogP) is 3.31. The number of hydrazone groups is 1. The van der Waals surface area contributed by atoms with Gasteiger partial charge in [0.25, 0.3) is 0 Å². The first kappa shape index (κ1) is 18.4. The van der Waals surface area contributed by atoms with E-state index in [1.54, 1.807) is 0 Å². The van der Waals surface area contributed by atoms with E-state index in [0.29, 0.717) is 11.4 Å². The minimum absolute atomic E-state index is 0.0268. The van der Waals surface area contributed by atoms with Gasteiger partial charge in [-0.3, -0.25) is 10.8 Å². The highest BCUT2D eigenvalue weighted by atomic mass is 15.5. The van der Waals surface area contributed by atoms with Crippen LogP contribution in [0.2, 0.25) is 0 Å². The van der Waals surface area contributed by atoms with Crippen molar-refractivity contribution in [3.8, 4) is 0 Å². The van der Waals surface area contributed by atoms with E-state index >= 15 is 0 Å². The van der Waals surface area contributed by atoms with Gasteiger partial charge < -0.3 is 10.6 Å². The van der Waals surface area contributed by atoms with Crippen molar-refractivity contribution in [2.45, 2.75) is 6.17 Å². The molecule has 0 radical (unpaired) electrons. The van der Waals surface area contributed by atoms with Crippen LogP contribution in [0.15, 0.2) is 95.0 Å². The molecule has 0 fully saturated rings. The third-order valence-corrected chi connectivity index (χ3v) is 4.83. The van der Waals surface area contributed by atoms with Crippen LogP contribution in [0.5, 0.6) is 0 Å². The minimum Gasteiger partial charge on any atom is -0.383 e. The van der Waals surface area contributed by atoms with E-state index in [9.17, 15) is 0 Å². The first-order valence-electron chi connectivity index (χ1n) is 9.33. The lowest BCUT2D eigenvalue weighted by Gasteiger charge is -2.23. The van der Waals surface area contributed by atoms with Crippen molar-refractivity contribution in [2.75, 3.05) is 7.05 Å². The molecule has 1 aliphatic rings. The Kier molecular flexibility index (Phi) is 5.07. The molecule has 4 N–H and O–H groups in total. The van der Waals surface area contributed by atoms with Crippen molar-refractivity contribution in [1.29, 1.82) is 5.41 Å². The maximum Gasteiger partial charge on any atom is 0.157 e. The SMILES string of the molecule is CN1C(c2cccc(C(=N)N=C(N)c3ccccc3)c2)=NNC1c1ccccc1. The molecule has 1 aliphatic heterocycles. The molecule has 6 nitrogen and oxygen atoms in total. The number of benzene rings is 3. The van der Waals surface area contributed by atoms with Crippen molar-refractivity contribution >= 4 is 17.5 Å². The topological polar surface area (TPSA) is 89.9 Å². The van der Waals surface area contributed by atoms with E-state index in [1.165, 1.54) is 0 Å². The summed E-state index contributed by atoms with van der Waals surface area (Å²) in [4.78, 5) is 6.36. The fourth-order valence-corrected chi connectivity index (χ4v) is 3.28. The first-order valence-corrected chi connectivity index (χ1v) is 9.33. The Morgan fingerprint density at radius 3 is 2.34 bits per heavy atom. The number of hydrogen-bond acceptors (Lipinski definition) is 4. The zero-order chi connectivity index (χ0) is 20.2. The average Bonchev–Trinajstić information content (AvgIpc) is 3.16. The summed E-state index contributed by atoms with van der Waals surface area (Å²) in [7, 11) is 2.00. The Morgan fingerprint density at radius 2 is 1.62 bits per heavy atom. The Balaban J connectivity index is 1.56. The largest absolute Gasteiger partial charge is 0.383 e. The van der Waals surface area contributed by atoms with Gasteiger partial charge in [0.1, 0.15) is 12.0 Å². The molecular weight excluding hydrogens is 360 g/mol. The molecule has 0 amide bonds. The van der Waals surface area contributed by atoms with E-state index < -0.39 is 0 Å². The van der Waals surface area contributed by atoms with Crippen molar-refractivity contribution in [3.63, 3.8) is 0 Å². The number of amidine groups is 3. The molecule has 1 heterocycles. The molecule has 144 valence electrons. The Morgan fingerprint density at radius 1 is 0.966 bits per heavy atom. The van der Waals surface area contributed by atoms with Crippen LogP contribution in [0.3, 0.4) is 0 Å². The summed E-state index contributed by atoms with van der Waals surface area (Å²) < 4.78 is 0. The molecule has 6 heteroatoms. The summed E-state index contributed by atoms with van der Waals surface area (Å²) in [5, 5.41) is 12.9. The maximum atomic E-state index is 8.36. The van der Waals surface area contributed by atoms with E-state index in [-0.39, 0.29) is 12.0 Å². The fraction of sp³-hybridized carbons (Fsp3) is 0.0870. The normalized spacial score (nSPS) is 16.3. The van der Waals surface area contributed by atoms with Gasteiger partial charge in [-0.15, -0.1) is 0 Å². The summed E-state index contributed by atoms with van der Waals surface area (Å²) in [5.41, 5.74) is 12.8. The summed E-state index contributed by atoms with van der Waals surface area (Å²) >= 11 is 0. The number of nitrogens with one attached hydrogen (secondary N) is 2. The monoisotopic (exact) mass is 382 g/mol. The van der Waals surface area contributed by atoms with Gasteiger partial charge in [0.15, 0.2) is 11.7 Å². The molecule has 0 aliphatic carbocycles. The molecular formula is C23H22N6. The van der Waals surface area contributed by atoms with Gasteiger partial charge >= 0.3 is 0 Å². The van der Waals surface area contributed by atoms with Crippen LogP contribution in [-0.4, -0.2) is 29.5 Å². The number of nitrogens with two attached hydrogens (primary N) is 1. The highest BCUT2D eigenvalue weighted by molar-refractivity contribution is 6.10. The van der Waals surface area contributed by atoms with Crippen molar-refractivity contribution < 1.29 is 0 Å². The third-order valence-electron chi connectivity index (χ3n) is 4.83. The number of aliphatic imine (C=N–C) groups is 1. The zero-order valence-electron chi connectivity index (χ0n) is 16.1. The standard InChI is InChI=1S/C23H22N6/c1-29-22(17-11-6-3-7-12-17)27-28-23(29)19-14-8-13-18(15-19)21(25)26-20(24)16-9-4-2-5-10-16/h2-15,22,27H,1H3,(H3,24,25,26). The van der Waals surface area contributed by atoms with Gasteiger partial charge in [-0.25, -0.2) is 4.99 Å². The number of rotatable bonds is 4. The zero-order valence-corrected chi connectivity index (χ0v) is 16.1. The summed E-state index contributed by atoms with van der Waals surface area (Å²) in [6.45, 7) is 0. The lowest BCUT2D eigenvalue weighted by Crippen LogP contribution is -2.30. The van der Waals surface area contributed by atoms with Crippen LogP contribution < -0.4 is 11.2 Å². The van der Waals surface area contributed by atoms with Gasteiger partial charge in [-0.1, -0.05) is 78.9 Å². The predicted molar refractivity (Wildman–Crippen MR) is 117 cm³/mol. The Labute approximate surface area is 169 Å². The van der Waals surface area contributed by atoms with E-state index in [0.717, 1.165) is 22.5 Å². The smallest absolute Gasteiger partial charge is 0.157 e. The Bertz CT molecular complexity index is 1070. The van der Waals surface area contributed by atoms with Crippen molar-refractivity contribution in [2.24, 2.45) is 15.8 Å². The molecule has 1 unspecified atom stereocenters.